The van der Waals surface area contributed by atoms with Gasteiger partial charge in [-0.1, -0.05) is 29.8 Å². The number of nitrogens with one attached hydrogen (secondary N) is 1. The molecule has 1 heterocycles. The van der Waals surface area contributed by atoms with Crippen LogP contribution in [-0.2, 0) is 9.59 Å². The van der Waals surface area contributed by atoms with Crippen molar-refractivity contribution in [1.29, 1.82) is 0 Å². The number of hydrogen-bond acceptors (Lipinski definition) is 5. The van der Waals surface area contributed by atoms with Crippen molar-refractivity contribution in [2.75, 3.05) is 20.7 Å². The molecule has 3 rings (SSSR count). The number of fused-ring (bicyclic) bond motifs is 1. The highest BCUT2D eigenvalue weighted by molar-refractivity contribution is 5.91. The van der Waals surface area contributed by atoms with Gasteiger partial charge in [-0.2, -0.15) is 10.1 Å². The van der Waals surface area contributed by atoms with Gasteiger partial charge in [-0.05, 0) is 76.0 Å². The Morgan fingerprint density at radius 2 is 1.79 bits per heavy atom. The number of aliphatic carboxylic acids is 1. The molecule has 1 aromatic heterocycles. The maximum atomic E-state index is 13.2. The van der Waals surface area contributed by atoms with E-state index in [1.54, 1.807) is 14.1 Å². The van der Waals surface area contributed by atoms with Crippen molar-refractivity contribution < 1.29 is 19.4 Å². The van der Waals surface area contributed by atoms with Gasteiger partial charge in [-0.15, -0.1) is 0 Å². The van der Waals surface area contributed by atoms with E-state index in [1.165, 1.54) is 18.0 Å². The van der Waals surface area contributed by atoms with Gasteiger partial charge in [0, 0.05) is 11.7 Å². The van der Waals surface area contributed by atoms with Gasteiger partial charge in [-0.3, -0.25) is 9.69 Å². The van der Waals surface area contributed by atoms with E-state index in [4.69, 9.17) is 4.74 Å². The maximum Gasteiger partial charge on any atom is 0.346 e. The Balaban J connectivity index is 1.92. The number of H-pyrrole nitrogens is 1. The largest absolute Gasteiger partial charge is 0.483 e. The number of aromatic nitrogens is 1. The summed E-state index contributed by atoms with van der Waals surface area (Å²) in [4.78, 5) is 30.0. The van der Waals surface area contributed by atoms with Crippen LogP contribution in [0.4, 0.5) is 0 Å². The van der Waals surface area contributed by atoms with E-state index < -0.39 is 17.5 Å². The third-order valence-electron chi connectivity index (χ3n) is 5.77. The number of hydrazone groups is 1. The molecule has 2 N–H and O–H groups in total. The Morgan fingerprint density at radius 1 is 1.12 bits per heavy atom. The minimum absolute atomic E-state index is 0.353. The van der Waals surface area contributed by atoms with Gasteiger partial charge in [0.2, 0.25) is 5.66 Å². The number of amides is 1. The zero-order valence-corrected chi connectivity index (χ0v) is 19.8. The van der Waals surface area contributed by atoms with E-state index >= 15 is 0 Å². The Bertz CT molecular complexity index is 1190. The lowest BCUT2D eigenvalue weighted by molar-refractivity contribution is -0.171. The van der Waals surface area contributed by atoms with Crippen molar-refractivity contribution in [3.05, 3.63) is 64.8 Å². The summed E-state index contributed by atoms with van der Waals surface area (Å²) in [7, 11) is 3.17. The summed E-state index contributed by atoms with van der Waals surface area (Å²) in [5, 5.41) is 16.3. The number of carbonyl (C=O) groups excluding carboxylic acids is 1. The molecular weight excluding hydrogens is 420 g/mol. The monoisotopic (exact) mass is 450 g/mol. The van der Waals surface area contributed by atoms with Crippen LogP contribution in [0.3, 0.4) is 0 Å². The highest BCUT2D eigenvalue weighted by Crippen LogP contribution is 2.26. The van der Waals surface area contributed by atoms with Crippen LogP contribution in [0.5, 0.6) is 5.75 Å². The summed E-state index contributed by atoms with van der Waals surface area (Å²) in [6.45, 7) is 6.89. The van der Waals surface area contributed by atoms with E-state index in [0.717, 1.165) is 38.2 Å². The zero-order valence-electron chi connectivity index (χ0n) is 19.8. The molecule has 0 bridgehead atoms. The van der Waals surface area contributed by atoms with Gasteiger partial charge in [0.15, 0.2) is 6.61 Å². The first-order chi connectivity index (χ1) is 15.5. The number of aromatic amines is 1. The predicted octanol–water partition coefficient (Wildman–Crippen LogP) is 3.70. The first-order valence-corrected chi connectivity index (χ1v) is 10.6. The van der Waals surface area contributed by atoms with E-state index in [0.29, 0.717) is 5.75 Å². The van der Waals surface area contributed by atoms with Crippen molar-refractivity contribution in [3.63, 3.8) is 0 Å². The van der Waals surface area contributed by atoms with Crippen LogP contribution < -0.4 is 4.74 Å². The zero-order chi connectivity index (χ0) is 24.3. The van der Waals surface area contributed by atoms with Crippen LogP contribution in [-0.4, -0.2) is 64.5 Å². The molecule has 33 heavy (non-hydrogen) atoms. The van der Waals surface area contributed by atoms with Gasteiger partial charge in [0.05, 0.1) is 6.21 Å². The van der Waals surface area contributed by atoms with Crippen LogP contribution in [0, 0.1) is 20.8 Å². The molecule has 174 valence electrons. The second-order valence-electron chi connectivity index (χ2n) is 8.51. The van der Waals surface area contributed by atoms with Gasteiger partial charge in [0.25, 0.3) is 5.91 Å². The Labute approximate surface area is 193 Å². The Morgan fingerprint density at radius 3 is 2.39 bits per heavy atom. The number of carboxylic acids is 1. The van der Waals surface area contributed by atoms with Crippen LogP contribution in [0.25, 0.3) is 10.9 Å². The summed E-state index contributed by atoms with van der Waals surface area (Å²) in [5.41, 5.74) is 2.83. The lowest BCUT2D eigenvalue weighted by Crippen LogP contribution is -2.62. The number of carboxylic acid groups (broad SMARTS) is 1. The SMILES string of the molecule is Cc1cc(C)c(OCC(=O)N(/N=C/c2ccc3cc[nH]c3c2)C(C)(C(=O)O)N(C)C)c(C)c1. The minimum atomic E-state index is -1.72. The molecule has 0 fully saturated rings. The van der Waals surface area contributed by atoms with Crippen LogP contribution in [0.1, 0.15) is 29.2 Å². The first kappa shape index (κ1) is 24.0. The number of aryl methyl sites for hydroxylation is 3. The maximum absolute atomic E-state index is 13.2. The first-order valence-electron chi connectivity index (χ1n) is 10.6. The van der Waals surface area contributed by atoms with E-state index in [-0.39, 0.29) is 6.61 Å². The lowest BCUT2D eigenvalue weighted by Gasteiger charge is -2.38. The van der Waals surface area contributed by atoms with Crippen molar-refractivity contribution in [3.8, 4) is 5.75 Å². The fraction of sp³-hybridized carbons (Fsp3) is 0.320. The summed E-state index contributed by atoms with van der Waals surface area (Å²) in [6.07, 6.45) is 3.31. The number of nitrogens with zero attached hydrogens (tertiary/aromatic N) is 3. The van der Waals surface area contributed by atoms with Gasteiger partial charge in [0.1, 0.15) is 5.75 Å². The molecule has 0 aliphatic carbocycles. The number of rotatable bonds is 8. The number of ether oxygens (including phenoxy) is 1. The number of benzene rings is 2. The molecular formula is C25H30N4O4. The van der Waals surface area contributed by atoms with Crippen LogP contribution >= 0.6 is 0 Å². The molecule has 1 amide bonds. The topological polar surface area (TPSA) is 98.2 Å². The van der Waals surface area contributed by atoms with E-state index in [2.05, 4.69) is 10.1 Å². The normalized spacial score (nSPS) is 13.4. The molecule has 0 radical (unpaired) electrons. The molecule has 1 unspecified atom stereocenters. The molecule has 0 saturated heterocycles. The Hall–Kier alpha value is -3.65. The lowest BCUT2D eigenvalue weighted by atomic mass is 10.1. The molecule has 0 aliphatic rings. The van der Waals surface area contributed by atoms with Gasteiger partial charge >= 0.3 is 5.97 Å². The van der Waals surface area contributed by atoms with Crippen molar-refractivity contribution >= 4 is 29.0 Å². The fourth-order valence-corrected chi connectivity index (χ4v) is 3.75. The van der Waals surface area contributed by atoms with Crippen LogP contribution in [0.2, 0.25) is 0 Å². The third kappa shape index (κ3) is 4.90. The predicted molar refractivity (Wildman–Crippen MR) is 129 cm³/mol. The van der Waals surface area contributed by atoms with Crippen LogP contribution in [0.15, 0.2) is 47.7 Å². The highest BCUT2D eigenvalue weighted by atomic mass is 16.5. The Kier molecular flexibility index (Phi) is 6.88. The fourth-order valence-electron chi connectivity index (χ4n) is 3.75. The molecule has 0 spiro atoms. The molecule has 1 atom stereocenters. The summed E-state index contributed by atoms with van der Waals surface area (Å²) < 4.78 is 5.84. The van der Waals surface area contributed by atoms with E-state index in [1.807, 2.05) is 63.4 Å². The minimum Gasteiger partial charge on any atom is -0.483 e. The smallest absolute Gasteiger partial charge is 0.346 e. The summed E-state index contributed by atoms with van der Waals surface area (Å²) in [5.74, 6) is -1.18. The number of likely N-dealkylation sites (N-methyl/N-ethyl adjacent to an activating group) is 1. The molecule has 8 heteroatoms. The highest BCUT2D eigenvalue weighted by Gasteiger charge is 2.45. The molecule has 0 aliphatic heterocycles. The van der Waals surface area contributed by atoms with E-state index in [9.17, 15) is 14.7 Å². The standard InChI is InChI=1S/C25H30N4O4/c1-16-11-17(2)23(18(3)12-16)33-15-22(30)29(25(4,24(31)32)28(5)6)27-14-19-7-8-20-9-10-26-21(20)13-19/h7-14,26H,15H2,1-6H3,(H,31,32)/b27-14+. The third-order valence-corrected chi connectivity index (χ3v) is 5.77. The van der Waals surface area contributed by atoms with Crippen molar-refractivity contribution in [2.24, 2.45) is 5.10 Å². The number of carbonyl (C=O) groups is 2. The van der Waals surface area contributed by atoms with Crippen molar-refractivity contribution in [2.45, 2.75) is 33.4 Å². The van der Waals surface area contributed by atoms with Gasteiger partial charge < -0.3 is 14.8 Å². The quantitative estimate of drug-likeness (QED) is 0.310. The summed E-state index contributed by atoms with van der Waals surface area (Å²) >= 11 is 0. The number of hydrogen-bond donors (Lipinski definition) is 2. The second kappa shape index (κ2) is 9.46. The average Bonchev–Trinajstić information content (AvgIpc) is 3.20. The second-order valence-corrected chi connectivity index (χ2v) is 8.51. The summed E-state index contributed by atoms with van der Waals surface area (Å²) in [6, 6.07) is 11.6. The van der Waals surface area contributed by atoms with Crippen molar-refractivity contribution in [1.82, 2.24) is 14.9 Å². The molecule has 0 saturated carbocycles. The molecule has 2 aromatic carbocycles. The molecule has 3 aromatic rings. The van der Waals surface area contributed by atoms with Gasteiger partial charge in [-0.25, -0.2) is 4.79 Å². The molecule has 8 nitrogen and oxygen atoms in total. The average molecular weight is 451 g/mol.